The molecule has 1 saturated heterocycles. The lowest BCUT2D eigenvalue weighted by molar-refractivity contribution is -0.231. The van der Waals surface area contributed by atoms with Gasteiger partial charge in [-0.2, -0.15) is 0 Å². The van der Waals surface area contributed by atoms with Crippen molar-refractivity contribution < 1.29 is 44.0 Å². The van der Waals surface area contributed by atoms with Gasteiger partial charge in [-0.25, -0.2) is 4.79 Å². The van der Waals surface area contributed by atoms with Crippen molar-refractivity contribution in [2.24, 2.45) is 0 Å². The van der Waals surface area contributed by atoms with E-state index in [9.17, 15) is 34.5 Å². The van der Waals surface area contributed by atoms with Crippen molar-refractivity contribution in [2.75, 3.05) is 19.7 Å². The maximum absolute atomic E-state index is 13.9. The molecule has 320 valence electrons. The van der Waals surface area contributed by atoms with E-state index in [4.69, 9.17) is 9.47 Å². The third-order valence-electron chi connectivity index (χ3n) is 10.5. The first-order valence-corrected chi connectivity index (χ1v) is 21.6. The van der Waals surface area contributed by atoms with Crippen molar-refractivity contribution in [1.29, 1.82) is 0 Å². The van der Waals surface area contributed by atoms with Crippen molar-refractivity contribution in [3.63, 3.8) is 0 Å². The van der Waals surface area contributed by atoms with Crippen molar-refractivity contribution in [2.45, 2.75) is 192 Å². The Morgan fingerprint density at radius 2 is 1.30 bits per heavy atom. The van der Waals surface area contributed by atoms with Gasteiger partial charge >= 0.3 is 6.09 Å². The molecule has 0 aromatic heterocycles. The van der Waals surface area contributed by atoms with E-state index in [2.05, 4.69) is 29.8 Å². The number of aliphatic hydroxyl groups excluding tert-OH is 3. The molecule has 1 aromatic rings. The van der Waals surface area contributed by atoms with E-state index in [0.29, 0.717) is 19.4 Å². The van der Waals surface area contributed by atoms with Gasteiger partial charge in [-0.1, -0.05) is 153 Å². The van der Waals surface area contributed by atoms with Crippen LogP contribution < -0.4 is 16.0 Å². The summed E-state index contributed by atoms with van der Waals surface area (Å²) in [6.45, 7) is 5.17. The predicted octanol–water partition coefficient (Wildman–Crippen LogP) is 6.01. The number of nitrogens with zero attached hydrogens (tertiary/aromatic N) is 1. The van der Waals surface area contributed by atoms with E-state index in [0.717, 1.165) is 44.1 Å². The van der Waals surface area contributed by atoms with Crippen molar-refractivity contribution in [3.05, 3.63) is 35.9 Å². The molecule has 0 radical (unpaired) electrons. The van der Waals surface area contributed by atoms with Gasteiger partial charge in [0.05, 0.1) is 6.61 Å². The van der Waals surface area contributed by atoms with Crippen LogP contribution in [0.1, 0.15) is 155 Å². The Balaban J connectivity index is 2.04. The number of alkyl carbamates (subject to hydrolysis) is 1. The fourth-order valence-electron chi connectivity index (χ4n) is 6.99. The summed E-state index contributed by atoms with van der Waals surface area (Å²) in [5.41, 5.74) is 0.785. The zero-order chi connectivity index (χ0) is 41.0. The highest BCUT2D eigenvalue weighted by molar-refractivity contribution is 5.89. The molecule has 56 heavy (non-hydrogen) atoms. The van der Waals surface area contributed by atoms with Crippen LogP contribution in [0.15, 0.2) is 30.3 Å². The Kier molecular flexibility index (Phi) is 26.1. The van der Waals surface area contributed by atoms with E-state index in [1.54, 1.807) is 17.0 Å². The minimum atomic E-state index is -1.57. The lowest BCUT2D eigenvalue weighted by Crippen LogP contribution is -2.69. The van der Waals surface area contributed by atoms with Gasteiger partial charge in [0.15, 0.2) is 6.23 Å². The minimum absolute atomic E-state index is 0.0287. The molecular weight excluding hydrogens is 716 g/mol. The number of nitrogens with one attached hydrogen (secondary N) is 3. The Bertz CT molecular complexity index is 1220. The number of rotatable bonds is 30. The maximum atomic E-state index is 13.9. The Hall–Kier alpha value is -3.26. The van der Waals surface area contributed by atoms with Crippen LogP contribution in [0.4, 0.5) is 4.79 Å². The maximum Gasteiger partial charge on any atom is 0.407 e. The lowest BCUT2D eigenvalue weighted by Gasteiger charge is -2.47. The van der Waals surface area contributed by atoms with Crippen molar-refractivity contribution in [1.82, 2.24) is 20.9 Å². The highest BCUT2D eigenvalue weighted by Gasteiger charge is 2.48. The first-order chi connectivity index (χ1) is 27.1. The van der Waals surface area contributed by atoms with Gasteiger partial charge in [0.25, 0.3) is 0 Å². The Morgan fingerprint density at radius 3 is 1.86 bits per heavy atom. The standard InChI is InChI=1S/C43H74N4O9/c1-4-6-8-10-12-14-16-18-20-25-29-47(37(50)28-24-19-17-15-13-11-9-7-5-2)42-38(40(52)39(51)35(31-48)56-42)46-41(53)33(3)45-36(49)30-44-43(54)55-32-34-26-22-21-23-27-34/h21-23,26-27,33,35,38-40,42,48,51-52H,4-20,24-25,28-32H2,1-3H3,(H,44,54)(H,45,49)(H,46,53)/t33-,35+,38+,39+,40+,42+/m0/s1. The predicted molar refractivity (Wildman–Crippen MR) is 217 cm³/mol. The normalized spacial score (nSPS) is 19.9. The van der Waals surface area contributed by atoms with Crippen LogP contribution in [0.2, 0.25) is 0 Å². The summed E-state index contributed by atoms with van der Waals surface area (Å²) in [6.07, 6.45) is 15.1. The summed E-state index contributed by atoms with van der Waals surface area (Å²) in [5, 5.41) is 39.7. The van der Waals surface area contributed by atoms with Crippen LogP contribution in [0.25, 0.3) is 0 Å². The van der Waals surface area contributed by atoms with Crippen LogP contribution in [0.5, 0.6) is 0 Å². The molecule has 1 aliphatic rings. The van der Waals surface area contributed by atoms with E-state index in [1.165, 1.54) is 77.6 Å². The highest BCUT2D eigenvalue weighted by Crippen LogP contribution is 2.26. The number of carbonyl (C=O) groups excluding carboxylic acids is 4. The number of hydrogen-bond donors (Lipinski definition) is 6. The molecule has 0 aliphatic carbocycles. The number of hydrogen-bond acceptors (Lipinski definition) is 9. The molecule has 1 heterocycles. The largest absolute Gasteiger partial charge is 0.445 e. The fraction of sp³-hybridized carbons (Fsp3) is 0.767. The zero-order valence-electron chi connectivity index (χ0n) is 34.6. The summed E-state index contributed by atoms with van der Waals surface area (Å²) in [5.74, 6) is -1.53. The quantitative estimate of drug-likeness (QED) is 0.0508. The van der Waals surface area contributed by atoms with Crippen LogP contribution in [0, 0.1) is 0 Å². The molecule has 0 bridgehead atoms. The average molecular weight is 791 g/mol. The molecule has 13 heteroatoms. The van der Waals surface area contributed by atoms with Crippen LogP contribution >= 0.6 is 0 Å². The van der Waals surface area contributed by atoms with E-state index >= 15 is 0 Å². The average Bonchev–Trinajstić information content (AvgIpc) is 3.20. The van der Waals surface area contributed by atoms with Crippen molar-refractivity contribution in [3.8, 4) is 0 Å². The second kappa shape index (κ2) is 29.9. The van der Waals surface area contributed by atoms with Crippen molar-refractivity contribution >= 4 is 23.8 Å². The zero-order valence-corrected chi connectivity index (χ0v) is 34.6. The van der Waals surface area contributed by atoms with Crippen LogP contribution in [0.3, 0.4) is 0 Å². The van der Waals surface area contributed by atoms with Crippen LogP contribution in [-0.2, 0) is 30.5 Å². The van der Waals surface area contributed by atoms with E-state index < -0.39 is 67.7 Å². The molecular formula is C43H74N4O9. The second-order valence-electron chi connectivity index (χ2n) is 15.3. The second-order valence-corrected chi connectivity index (χ2v) is 15.3. The SMILES string of the molecule is CCCCCCCCCCCCN(C(=O)CCCCCCCCCCC)[C@@H]1O[C@H](CO)[C@@H](O)[C@H](O)[C@H]1NC(=O)[C@H](C)NC(=O)CNC(=O)OCc1ccccc1. The summed E-state index contributed by atoms with van der Waals surface area (Å²) in [4.78, 5) is 53.6. The van der Waals surface area contributed by atoms with Gasteiger partial charge in [0, 0.05) is 13.0 Å². The smallest absolute Gasteiger partial charge is 0.407 e. The number of amides is 4. The molecule has 4 amide bonds. The highest BCUT2D eigenvalue weighted by atomic mass is 16.6. The first kappa shape index (κ1) is 48.9. The summed E-state index contributed by atoms with van der Waals surface area (Å²) < 4.78 is 11.2. The van der Waals surface area contributed by atoms with Gasteiger partial charge in [0.1, 0.15) is 43.5 Å². The summed E-state index contributed by atoms with van der Waals surface area (Å²) >= 11 is 0. The van der Waals surface area contributed by atoms with Crippen LogP contribution in [-0.4, -0.2) is 100 Å². The van der Waals surface area contributed by atoms with Gasteiger partial charge < -0.3 is 45.6 Å². The fourth-order valence-corrected chi connectivity index (χ4v) is 6.99. The number of carbonyl (C=O) groups is 4. The summed E-state index contributed by atoms with van der Waals surface area (Å²) in [6, 6.07) is 6.71. The number of benzene rings is 1. The topological polar surface area (TPSA) is 187 Å². The minimum Gasteiger partial charge on any atom is -0.445 e. The molecule has 6 atom stereocenters. The Morgan fingerprint density at radius 1 is 0.768 bits per heavy atom. The van der Waals surface area contributed by atoms with Gasteiger partial charge in [0.2, 0.25) is 17.7 Å². The first-order valence-electron chi connectivity index (χ1n) is 21.6. The van der Waals surface area contributed by atoms with E-state index in [1.807, 2.05) is 18.2 Å². The molecule has 6 N–H and O–H groups in total. The lowest BCUT2D eigenvalue weighted by atomic mass is 9.94. The molecule has 0 saturated carbocycles. The molecule has 1 aromatic carbocycles. The Labute approximate surface area is 336 Å². The molecule has 0 unspecified atom stereocenters. The number of ether oxygens (including phenoxy) is 2. The molecule has 1 fully saturated rings. The number of aliphatic hydroxyl groups is 3. The van der Waals surface area contributed by atoms with Gasteiger partial charge in [-0.3, -0.25) is 14.4 Å². The van der Waals surface area contributed by atoms with Gasteiger partial charge in [-0.15, -0.1) is 0 Å². The molecule has 0 spiro atoms. The third-order valence-corrected chi connectivity index (χ3v) is 10.5. The number of unbranched alkanes of at least 4 members (excludes halogenated alkanes) is 17. The molecule has 1 aliphatic heterocycles. The van der Waals surface area contributed by atoms with E-state index in [-0.39, 0.29) is 18.9 Å². The molecule has 2 rings (SSSR count). The summed E-state index contributed by atoms with van der Waals surface area (Å²) in [7, 11) is 0. The third kappa shape index (κ3) is 19.7. The monoisotopic (exact) mass is 791 g/mol. The molecule has 13 nitrogen and oxygen atoms in total. The van der Waals surface area contributed by atoms with Gasteiger partial charge in [-0.05, 0) is 25.3 Å².